The highest BCUT2D eigenvalue weighted by atomic mass is 35.5. The molecule has 1 N–H and O–H groups in total. The maximum absolute atomic E-state index is 5.84. The number of hydrogen-bond donors (Lipinski definition) is 1. The zero-order valence-electron chi connectivity index (χ0n) is 9.92. The Morgan fingerprint density at radius 1 is 1.31 bits per heavy atom. The van der Waals surface area contributed by atoms with Crippen LogP contribution in [0.5, 0.6) is 0 Å². The monoisotopic (exact) mass is 236 g/mol. The predicted octanol–water partition coefficient (Wildman–Crippen LogP) is 3.97. The lowest BCUT2D eigenvalue weighted by atomic mass is 9.90. The van der Waals surface area contributed by atoms with E-state index in [1.165, 1.54) is 0 Å². The summed E-state index contributed by atoms with van der Waals surface area (Å²) in [4.78, 5) is 4.69. The molecule has 0 aromatic heterocycles. The van der Waals surface area contributed by atoms with Gasteiger partial charge in [-0.1, -0.05) is 18.5 Å². The van der Waals surface area contributed by atoms with Gasteiger partial charge in [0.1, 0.15) is 5.84 Å². The molecule has 0 bridgehead atoms. The van der Waals surface area contributed by atoms with E-state index in [-0.39, 0.29) is 5.54 Å². The minimum atomic E-state index is 0.0504. The van der Waals surface area contributed by atoms with Gasteiger partial charge in [0.2, 0.25) is 0 Å². The van der Waals surface area contributed by atoms with Crippen molar-refractivity contribution in [2.24, 2.45) is 10.9 Å². The maximum atomic E-state index is 5.84. The molecule has 2 nitrogen and oxygen atoms in total. The average molecular weight is 237 g/mol. The first-order valence-corrected chi connectivity index (χ1v) is 5.96. The number of benzene rings is 1. The molecule has 1 aromatic carbocycles. The van der Waals surface area contributed by atoms with Gasteiger partial charge in [0.05, 0.1) is 5.54 Å². The number of aliphatic imine (C=N–C) groups is 1. The SMILES string of the molecule is C[C@H]1CC(Nc2ccc(Cl)cc2)=NC1(C)C. The molecule has 0 aliphatic carbocycles. The minimum absolute atomic E-state index is 0.0504. The third-order valence-corrected chi connectivity index (χ3v) is 3.51. The second kappa shape index (κ2) is 4.10. The molecule has 1 aliphatic heterocycles. The van der Waals surface area contributed by atoms with Crippen LogP contribution in [0.15, 0.2) is 29.3 Å². The highest BCUT2D eigenvalue weighted by molar-refractivity contribution is 6.30. The molecule has 86 valence electrons. The third-order valence-electron chi connectivity index (χ3n) is 3.26. The number of hydrogen-bond acceptors (Lipinski definition) is 2. The second-order valence-electron chi connectivity index (χ2n) is 4.95. The molecular weight excluding hydrogens is 220 g/mol. The zero-order valence-corrected chi connectivity index (χ0v) is 10.7. The van der Waals surface area contributed by atoms with Crippen LogP contribution in [-0.4, -0.2) is 11.4 Å². The summed E-state index contributed by atoms with van der Waals surface area (Å²) >= 11 is 5.84. The molecule has 2 rings (SSSR count). The molecular formula is C13H17ClN2. The van der Waals surface area contributed by atoms with Crippen LogP contribution in [0.2, 0.25) is 5.02 Å². The van der Waals surface area contributed by atoms with E-state index in [0.717, 1.165) is 23.0 Å². The molecule has 1 aromatic rings. The van der Waals surface area contributed by atoms with Crippen LogP contribution in [0.3, 0.4) is 0 Å². The van der Waals surface area contributed by atoms with E-state index in [4.69, 9.17) is 16.6 Å². The zero-order chi connectivity index (χ0) is 11.8. The van der Waals surface area contributed by atoms with Crippen LogP contribution in [0, 0.1) is 5.92 Å². The summed E-state index contributed by atoms with van der Waals surface area (Å²) in [6.07, 6.45) is 1.01. The van der Waals surface area contributed by atoms with Crippen LogP contribution >= 0.6 is 11.6 Å². The number of halogens is 1. The van der Waals surface area contributed by atoms with Gasteiger partial charge in [-0.15, -0.1) is 0 Å². The van der Waals surface area contributed by atoms with E-state index in [2.05, 4.69) is 26.1 Å². The summed E-state index contributed by atoms with van der Waals surface area (Å²) in [6, 6.07) is 7.71. The number of anilines is 1. The summed E-state index contributed by atoms with van der Waals surface area (Å²) < 4.78 is 0. The maximum Gasteiger partial charge on any atom is 0.102 e. The first-order chi connectivity index (χ1) is 7.47. The van der Waals surface area contributed by atoms with Crippen LogP contribution in [0.1, 0.15) is 27.2 Å². The van der Waals surface area contributed by atoms with Crippen molar-refractivity contribution in [3.05, 3.63) is 29.3 Å². The van der Waals surface area contributed by atoms with Crippen molar-refractivity contribution in [1.82, 2.24) is 0 Å². The first-order valence-electron chi connectivity index (χ1n) is 5.59. The fraction of sp³-hybridized carbons (Fsp3) is 0.462. The highest BCUT2D eigenvalue weighted by Gasteiger charge is 2.32. The summed E-state index contributed by atoms with van der Waals surface area (Å²) in [5, 5.41) is 4.10. The molecule has 1 heterocycles. The van der Waals surface area contributed by atoms with E-state index in [9.17, 15) is 0 Å². The van der Waals surface area contributed by atoms with Gasteiger partial charge in [0.25, 0.3) is 0 Å². The molecule has 0 spiro atoms. The Balaban J connectivity index is 2.09. The second-order valence-corrected chi connectivity index (χ2v) is 5.39. The highest BCUT2D eigenvalue weighted by Crippen LogP contribution is 2.31. The van der Waals surface area contributed by atoms with Crippen molar-refractivity contribution in [2.45, 2.75) is 32.7 Å². The Labute approximate surface area is 102 Å². The van der Waals surface area contributed by atoms with E-state index in [1.807, 2.05) is 24.3 Å². The Kier molecular flexibility index (Phi) is 2.94. The minimum Gasteiger partial charge on any atom is -0.344 e. The Bertz CT molecular complexity index is 406. The summed E-state index contributed by atoms with van der Waals surface area (Å²) in [7, 11) is 0. The van der Waals surface area contributed by atoms with E-state index in [1.54, 1.807) is 0 Å². The van der Waals surface area contributed by atoms with E-state index in [0.29, 0.717) is 5.92 Å². The van der Waals surface area contributed by atoms with Crippen molar-refractivity contribution in [2.75, 3.05) is 5.32 Å². The van der Waals surface area contributed by atoms with Gasteiger partial charge in [-0.05, 0) is 44.0 Å². The first kappa shape index (κ1) is 11.5. The predicted molar refractivity (Wildman–Crippen MR) is 70.4 cm³/mol. The van der Waals surface area contributed by atoms with Crippen molar-refractivity contribution in [3.8, 4) is 0 Å². The Morgan fingerprint density at radius 3 is 2.44 bits per heavy atom. The lowest BCUT2D eigenvalue weighted by Crippen LogP contribution is -2.21. The summed E-state index contributed by atoms with van der Waals surface area (Å²) in [5.74, 6) is 1.65. The lowest BCUT2D eigenvalue weighted by molar-refractivity contribution is 0.388. The molecule has 0 fully saturated rings. The summed E-state index contributed by atoms with van der Waals surface area (Å²) in [6.45, 7) is 6.59. The van der Waals surface area contributed by atoms with Crippen LogP contribution in [0.25, 0.3) is 0 Å². The fourth-order valence-corrected chi connectivity index (χ4v) is 1.95. The van der Waals surface area contributed by atoms with Gasteiger partial charge in [0, 0.05) is 17.1 Å². The molecule has 0 saturated carbocycles. The molecule has 1 aliphatic rings. The van der Waals surface area contributed by atoms with Crippen molar-refractivity contribution in [3.63, 3.8) is 0 Å². The Hall–Kier alpha value is -1.02. The number of rotatable bonds is 1. The van der Waals surface area contributed by atoms with Gasteiger partial charge in [-0.3, -0.25) is 4.99 Å². The third kappa shape index (κ3) is 2.38. The van der Waals surface area contributed by atoms with Crippen molar-refractivity contribution < 1.29 is 0 Å². The normalized spacial score (nSPS) is 23.0. The molecule has 0 radical (unpaired) electrons. The van der Waals surface area contributed by atoms with Gasteiger partial charge >= 0.3 is 0 Å². The van der Waals surface area contributed by atoms with Crippen LogP contribution < -0.4 is 5.32 Å². The lowest BCUT2D eigenvalue weighted by Gasteiger charge is -2.19. The van der Waals surface area contributed by atoms with Gasteiger partial charge in [-0.2, -0.15) is 0 Å². The fourth-order valence-electron chi connectivity index (χ4n) is 1.82. The Morgan fingerprint density at radius 2 is 1.94 bits per heavy atom. The number of nitrogens with one attached hydrogen (secondary N) is 1. The molecule has 1 atom stereocenters. The largest absolute Gasteiger partial charge is 0.344 e. The molecule has 0 unspecified atom stereocenters. The van der Waals surface area contributed by atoms with Gasteiger partial charge in [0.15, 0.2) is 0 Å². The molecule has 0 saturated heterocycles. The van der Waals surface area contributed by atoms with Gasteiger partial charge < -0.3 is 5.32 Å². The van der Waals surface area contributed by atoms with Crippen LogP contribution in [0.4, 0.5) is 5.69 Å². The van der Waals surface area contributed by atoms with Crippen molar-refractivity contribution in [1.29, 1.82) is 0 Å². The average Bonchev–Trinajstić information content (AvgIpc) is 2.44. The smallest absolute Gasteiger partial charge is 0.102 e. The van der Waals surface area contributed by atoms with Crippen LogP contribution in [-0.2, 0) is 0 Å². The number of amidine groups is 1. The molecule has 0 amide bonds. The van der Waals surface area contributed by atoms with Crippen molar-refractivity contribution >= 4 is 23.1 Å². The van der Waals surface area contributed by atoms with E-state index < -0.39 is 0 Å². The van der Waals surface area contributed by atoms with E-state index >= 15 is 0 Å². The topological polar surface area (TPSA) is 24.4 Å². The number of nitrogens with zero attached hydrogens (tertiary/aromatic N) is 1. The standard InChI is InChI=1S/C13H17ClN2/c1-9-8-12(16-13(9,2)3)15-11-6-4-10(14)5-7-11/h4-7,9H,8H2,1-3H3,(H,15,16)/t9-/m0/s1. The quantitative estimate of drug-likeness (QED) is 0.784. The molecule has 3 heteroatoms. The summed E-state index contributed by atoms with van der Waals surface area (Å²) in [5.41, 5.74) is 1.10. The molecule has 16 heavy (non-hydrogen) atoms. The van der Waals surface area contributed by atoms with Gasteiger partial charge in [-0.25, -0.2) is 0 Å².